The van der Waals surface area contributed by atoms with Gasteiger partial charge in [-0.1, -0.05) is 30.3 Å². The summed E-state index contributed by atoms with van der Waals surface area (Å²) in [6.45, 7) is 4.93. The molecule has 17 heavy (non-hydrogen) atoms. The molecule has 0 aromatic heterocycles. The summed E-state index contributed by atoms with van der Waals surface area (Å²) in [4.78, 5) is 11.1. The van der Waals surface area contributed by atoms with Crippen LogP contribution in [-0.2, 0) is 9.53 Å². The van der Waals surface area contributed by atoms with Gasteiger partial charge in [-0.3, -0.25) is 10.1 Å². The first kappa shape index (κ1) is 13.7. The summed E-state index contributed by atoms with van der Waals surface area (Å²) in [5.74, 6) is -0.874. The van der Waals surface area contributed by atoms with Crippen LogP contribution in [0.25, 0.3) is 0 Å². The highest BCUT2D eigenvalue weighted by molar-refractivity contribution is 5.75. The number of benzene rings is 1. The first-order valence-corrected chi connectivity index (χ1v) is 5.74. The Balaban J connectivity index is 2.48. The van der Waals surface area contributed by atoms with Crippen molar-refractivity contribution in [3.8, 4) is 0 Å². The highest BCUT2D eigenvalue weighted by atomic mass is 16.5. The average molecular weight is 237 g/mol. The van der Waals surface area contributed by atoms with Crippen molar-refractivity contribution >= 4 is 5.97 Å². The second kappa shape index (κ2) is 7.04. The number of carboxylic acids is 1. The van der Waals surface area contributed by atoms with Gasteiger partial charge in [0.15, 0.2) is 0 Å². The number of carboxylic acid groups (broad SMARTS) is 1. The minimum atomic E-state index is -0.874. The molecule has 0 aliphatic carbocycles. The van der Waals surface area contributed by atoms with Crippen LogP contribution in [0.1, 0.15) is 25.5 Å². The number of nitrogens with one attached hydrogen (secondary N) is 1. The molecule has 1 atom stereocenters. The Bertz CT molecular complexity index is 338. The van der Waals surface area contributed by atoms with E-state index in [1.54, 1.807) is 12.1 Å². The summed E-state index contributed by atoms with van der Waals surface area (Å²) in [6.07, 6.45) is 0.164. The summed E-state index contributed by atoms with van der Waals surface area (Å²) >= 11 is 0. The number of rotatable bonds is 7. The van der Waals surface area contributed by atoms with Crippen LogP contribution < -0.4 is 5.32 Å². The molecule has 0 spiro atoms. The second-order valence-electron chi connectivity index (χ2n) is 4.06. The molecule has 4 nitrogen and oxygen atoms in total. The van der Waals surface area contributed by atoms with E-state index in [1.807, 2.05) is 32.0 Å². The maximum absolute atomic E-state index is 11.1. The smallest absolute Gasteiger partial charge is 0.325 e. The molecule has 0 radical (unpaired) electrons. The predicted molar refractivity (Wildman–Crippen MR) is 65.9 cm³/mol. The Morgan fingerprint density at radius 2 is 2.00 bits per heavy atom. The molecule has 0 bridgehead atoms. The van der Waals surface area contributed by atoms with Crippen LogP contribution in [0.4, 0.5) is 0 Å². The van der Waals surface area contributed by atoms with Crippen molar-refractivity contribution in [3.63, 3.8) is 0 Å². The molecule has 0 saturated carbocycles. The molecular weight excluding hydrogens is 218 g/mol. The number of hydrogen-bond donors (Lipinski definition) is 2. The fourth-order valence-corrected chi connectivity index (χ4v) is 1.49. The summed E-state index contributed by atoms with van der Waals surface area (Å²) < 4.78 is 5.35. The van der Waals surface area contributed by atoms with E-state index in [4.69, 9.17) is 9.84 Å². The first-order chi connectivity index (χ1) is 8.11. The van der Waals surface area contributed by atoms with Crippen molar-refractivity contribution in [3.05, 3.63) is 35.9 Å². The molecule has 94 valence electrons. The lowest BCUT2D eigenvalue weighted by Gasteiger charge is -2.15. The van der Waals surface area contributed by atoms with E-state index in [2.05, 4.69) is 5.32 Å². The summed E-state index contributed by atoms with van der Waals surface area (Å²) in [6, 6.07) is 8.45. The minimum absolute atomic E-state index is 0.164. The van der Waals surface area contributed by atoms with Crippen molar-refractivity contribution in [2.75, 3.05) is 13.2 Å². The van der Waals surface area contributed by atoms with Gasteiger partial charge in [-0.15, -0.1) is 0 Å². The standard InChI is InChI=1S/C13H19NO3/c1-10(2)17-9-8-14-12(13(15)16)11-6-4-3-5-7-11/h3-7,10,12,14H,8-9H2,1-2H3,(H,15,16). The highest BCUT2D eigenvalue weighted by Crippen LogP contribution is 2.12. The Hall–Kier alpha value is -1.39. The third-order valence-corrected chi connectivity index (χ3v) is 2.28. The zero-order valence-electron chi connectivity index (χ0n) is 10.2. The SMILES string of the molecule is CC(C)OCCNC(C(=O)O)c1ccccc1. The van der Waals surface area contributed by atoms with Crippen molar-refractivity contribution in [2.24, 2.45) is 0 Å². The Morgan fingerprint density at radius 3 is 2.53 bits per heavy atom. The summed E-state index contributed by atoms with van der Waals surface area (Å²) in [5, 5.41) is 12.1. The van der Waals surface area contributed by atoms with Crippen molar-refractivity contribution < 1.29 is 14.6 Å². The Morgan fingerprint density at radius 1 is 1.35 bits per heavy atom. The largest absolute Gasteiger partial charge is 0.480 e. The van der Waals surface area contributed by atoms with E-state index in [-0.39, 0.29) is 6.10 Å². The lowest BCUT2D eigenvalue weighted by Crippen LogP contribution is -2.31. The Labute approximate surface area is 102 Å². The van der Waals surface area contributed by atoms with Crippen LogP contribution >= 0.6 is 0 Å². The van der Waals surface area contributed by atoms with Crippen molar-refractivity contribution in [2.45, 2.75) is 26.0 Å². The van der Waals surface area contributed by atoms with Crippen LogP contribution in [0.3, 0.4) is 0 Å². The maximum atomic E-state index is 11.1. The van der Waals surface area contributed by atoms with E-state index in [9.17, 15) is 4.79 Å². The van der Waals surface area contributed by atoms with Gasteiger partial charge in [0.1, 0.15) is 6.04 Å². The summed E-state index contributed by atoms with van der Waals surface area (Å²) in [5.41, 5.74) is 0.754. The van der Waals surface area contributed by atoms with Gasteiger partial charge in [0.2, 0.25) is 0 Å². The fraction of sp³-hybridized carbons (Fsp3) is 0.462. The predicted octanol–water partition coefficient (Wildman–Crippen LogP) is 1.83. The van der Waals surface area contributed by atoms with Gasteiger partial charge in [0.25, 0.3) is 0 Å². The number of hydrogen-bond acceptors (Lipinski definition) is 3. The zero-order valence-corrected chi connectivity index (χ0v) is 10.2. The third kappa shape index (κ3) is 4.97. The topological polar surface area (TPSA) is 58.6 Å². The second-order valence-corrected chi connectivity index (χ2v) is 4.06. The Kier molecular flexibility index (Phi) is 5.66. The van der Waals surface area contributed by atoms with Gasteiger partial charge < -0.3 is 9.84 Å². The molecule has 1 rings (SSSR count). The quantitative estimate of drug-likeness (QED) is 0.710. The van der Waals surface area contributed by atoms with Crippen molar-refractivity contribution in [1.82, 2.24) is 5.32 Å². The van der Waals surface area contributed by atoms with Gasteiger partial charge in [-0.05, 0) is 19.4 Å². The lowest BCUT2D eigenvalue weighted by atomic mass is 10.1. The third-order valence-electron chi connectivity index (χ3n) is 2.28. The van der Waals surface area contributed by atoms with Crippen LogP contribution in [0.2, 0.25) is 0 Å². The maximum Gasteiger partial charge on any atom is 0.325 e. The molecular formula is C13H19NO3. The van der Waals surface area contributed by atoms with Crippen LogP contribution in [0.5, 0.6) is 0 Å². The molecule has 0 amide bonds. The molecule has 0 aliphatic heterocycles. The number of ether oxygens (including phenoxy) is 1. The molecule has 0 aliphatic rings. The van der Waals surface area contributed by atoms with Crippen molar-refractivity contribution in [1.29, 1.82) is 0 Å². The van der Waals surface area contributed by atoms with E-state index >= 15 is 0 Å². The molecule has 0 heterocycles. The van der Waals surface area contributed by atoms with Crippen LogP contribution in [-0.4, -0.2) is 30.3 Å². The average Bonchev–Trinajstić information content (AvgIpc) is 2.29. The molecule has 1 unspecified atom stereocenters. The van der Waals surface area contributed by atoms with E-state index in [0.717, 1.165) is 5.56 Å². The molecule has 4 heteroatoms. The molecule has 1 aromatic carbocycles. The van der Waals surface area contributed by atoms with Gasteiger partial charge in [0, 0.05) is 6.54 Å². The molecule has 2 N–H and O–H groups in total. The molecule has 1 aromatic rings. The lowest BCUT2D eigenvalue weighted by molar-refractivity contribution is -0.139. The zero-order chi connectivity index (χ0) is 12.7. The highest BCUT2D eigenvalue weighted by Gasteiger charge is 2.18. The molecule has 0 fully saturated rings. The van der Waals surface area contributed by atoms with E-state index < -0.39 is 12.0 Å². The van der Waals surface area contributed by atoms with Crippen LogP contribution in [0.15, 0.2) is 30.3 Å². The fourth-order valence-electron chi connectivity index (χ4n) is 1.49. The van der Waals surface area contributed by atoms with E-state index in [1.165, 1.54) is 0 Å². The van der Waals surface area contributed by atoms with Gasteiger partial charge in [0.05, 0.1) is 12.7 Å². The summed E-state index contributed by atoms with van der Waals surface area (Å²) in [7, 11) is 0. The van der Waals surface area contributed by atoms with Gasteiger partial charge in [-0.2, -0.15) is 0 Å². The first-order valence-electron chi connectivity index (χ1n) is 5.74. The monoisotopic (exact) mass is 237 g/mol. The molecule has 0 saturated heterocycles. The number of carbonyl (C=O) groups is 1. The normalized spacial score (nSPS) is 12.6. The van der Waals surface area contributed by atoms with Gasteiger partial charge in [-0.25, -0.2) is 0 Å². The van der Waals surface area contributed by atoms with Gasteiger partial charge >= 0.3 is 5.97 Å². The van der Waals surface area contributed by atoms with E-state index in [0.29, 0.717) is 13.2 Å². The minimum Gasteiger partial charge on any atom is -0.480 e. The number of aliphatic carboxylic acids is 1. The van der Waals surface area contributed by atoms with Crippen LogP contribution in [0, 0.1) is 0 Å².